The third-order valence-corrected chi connectivity index (χ3v) is 6.13. The Morgan fingerprint density at radius 2 is 1.63 bits per heavy atom. The first-order valence-electron chi connectivity index (χ1n) is 6.79. The lowest BCUT2D eigenvalue weighted by Gasteiger charge is -2.42. The summed E-state index contributed by atoms with van der Waals surface area (Å²) in [4.78, 5) is 2.15. The molecule has 0 spiro atoms. The van der Waals surface area contributed by atoms with Crippen molar-refractivity contribution in [1.82, 2.24) is 4.90 Å². The minimum atomic E-state index is -1.91. The molecule has 0 atom stereocenters. The van der Waals surface area contributed by atoms with Gasteiger partial charge in [0.25, 0.3) is 0 Å². The van der Waals surface area contributed by atoms with Crippen molar-refractivity contribution < 1.29 is 4.43 Å². The molecule has 1 aliphatic heterocycles. The summed E-state index contributed by atoms with van der Waals surface area (Å²) in [7, 11) is -1.91. The third kappa shape index (κ3) is 3.36. The summed E-state index contributed by atoms with van der Waals surface area (Å²) in [6.07, 6.45) is 9.53. The fourth-order valence-corrected chi connectivity index (χ4v) is 4.88. The molecule has 2 nitrogen and oxygen atoms in total. The first kappa shape index (κ1) is 14.1. The molecule has 19 heavy (non-hydrogen) atoms. The highest BCUT2D eigenvalue weighted by Gasteiger charge is 2.35. The minimum absolute atomic E-state index is 0.320. The van der Waals surface area contributed by atoms with Crippen LogP contribution in [0.25, 0.3) is 0 Å². The van der Waals surface area contributed by atoms with E-state index in [4.69, 9.17) is 4.43 Å². The zero-order valence-electron chi connectivity index (χ0n) is 12.3. The Morgan fingerprint density at radius 1 is 1.05 bits per heavy atom. The van der Waals surface area contributed by atoms with Gasteiger partial charge >= 0.3 is 0 Å². The maximum Gasteiger partial charge on any atom is 0.221 e. The summed E-state index contributed by atoms with van der Waals surface area (Å²) in [5, 5.41) is 1.33. The number of benzene rings is 1. The van der Waals surface area contributed by atoms with E-state index >= 15 is 0 Å². The summed E-state index contributed by atoms with van der Waals surface area (Å²) < 4.78 is 6.51. The van der Waals surface area contributed by atoms with Crippen LogP contribution in [0.4, 0.5) is 0 Å². The predicted molar refractivity (Wildman–Crippen MR) is 83.5 cm³/mol. The van der Waals surface area contributed by atoms with E-state index in [1.165, 1.54) is 5.19 Å². The second kappa shape index (κ2) is 5.35. The van der Waals surface area contributed by atoms with Crippen molar-refractivity contribution in [3.63, 3.8) is 0 Å². The van der Waals surface area contributed by atoms with Crippen LogP contribution in [0.1, 0.15) is 20.3 Å². The molecule has 1 aliphatic rings. The zero-order chi connectivity index (χ0) is 13.9. The summed E-state index contributed by atoms with van der Waals surface area (Å²) in [6.45, 7) is 8.76. The number of hydrogen-bond acceptors (Lipinski definition) is 2. The standard InChI is InChI=1S/C16H23NOSi/c1-16(2,17-13-9-6-10-14-17)18-19(3,4)15-11-7-5-8-12-15/h5,7-14H,6H2,1-4H3. The zero-order valence-corrected chi connectivity index (χ0v) is 13.3. The van der Waals surface area contributed by atoms with Crippen LogP contribution < -0.4 is 5.19 Å². The Morgan fingerprint density at radius 3 is 2.21 bits per heavy atom. The highest BCUT2D eigenvalue weighted by molar-refractivity contribution is 6.84. The number of nitrogens with zero attached hydrogens (tertiary/aromatic N) is 1. The normalized spacial score (nSPS) is 15.9. The number of allylic oxidation sites excluding steroid dienone is 2. The van der Waals surface area contributed by atoms with Crippen molar-refractivity contribution in [1.29, 1.82) is 0 Å². The molecule has 0 amide bonds. The first-order valence-corrected chi connectivity index (χ1v) is 9.70. The molecule has 0 bridgehead atoms. The first-order chi connectivity index (χ1) is 8.92. The largest absolute Gasteiger partial charge is 0.391 e. The summed E-state index contributed by atoms with van der Waals surface area (Å²) in [5.74, 6) is 0. The molecular formula is C16H23NOSi. The smallest absolute Gasteiger partial charge is 0.221 e. The Balaban J connectivity index is 2.17. The van der Waals surface area contributed by atoms with Crippen molar-refractivity contribution >= 4 is 13.5 Å². The van der Waals surface area contributed by atoms with Crippen molar-refractivity contribution in [2.75, 3.05) is 0 Å². The van der Waals surface area contributed by atoms with Gasteiger partial charge in [-0.1, -0.05) is 42.5 Å². The average Bonchev–Trinajstić information content (AvgIpc) is 2.40. The second-order valence-corrected chi connectivity index (χ2v) is 9.64. The summed E-state index contributed by atoms with van der Waals surface area (Å²) in [5.41, 5.74) is -0.320. The highest BCUT2D eigenvalue weighted by atomic mass is 28.4. The van der Waals surface area contributed by atoms with E-state index in [2.05, 4.69) is 86.7 Å². The molecule has 0 aliphatic carbocycles. The van der Waals surface area contributed by atoms with Gasteiger partial charge in [0.1, 0.15) is 5.72 Å². The highest BCUT2D eigenvalue weighted by Crippen LogP contribution is 2.24. The molecule has 0 unspecified atom stereocenters. The van der Waals surface area contributed by atoms with Gasteiger partial charge in [0.05, 0.1) is 0 Å². The minimum Gasteiger partial charge on any atom is -0.391 e. The van der Waals surface area contributed by atoms with Crippen molar-refractivity contribution in [2.24, 2.45) is 0 Å². The van der Waals surface area contributed by atoms with Gasteiger partial charge in [0, 0.05) is 12.4 Å². The lowest BCUT2D eigenvalue weighted by atomic mass is 10.2. The molecule has 2 rings (SSSR count). The van der Waals surface area contributed by atoms with Gasteiger partial charge in [-0.05, 0) is 38.5 Å². The molecule has 0 saturated heterocycles. The number of hydrogen-bond donors (Lipinski definition) is 0. The SMILES string of the molecule is CC(C)(O[Si](C)(C)c1ccccc1)N1C=CCC=C1. The Hall–Kier alpha value is -1.32. The molecule has 1 aromatic rings. The van der Waals surface area contributed by atoms with E-state index in [0.717, 1.165) is 6.42 Å². The van der Waals surface area contributed by atoms with Gasteiger partial charge in [-0.3, -0.25) is 0 Å². The Kier molecular flexibility index (Phi) is 3.97. The van der Waals surface area contributed by atoms with Crippen LogP contribution >= 0.6 is 0 Å². The molecule has 0 radical (unpaired) electrons. The van der Waals surface area contributed by atoms with E-state index in [1.54, 1.807) is 0 Å². The molecule has 0 N–H and O–H groups in total. The quantitative estimate of drug-likeness (QED) is 0.777. The van der Waals surface area contributed by atoms with Crippen LogP contribution in [0.5, 0.6) is 0 Å². The molecule has 1 aromatic carbocycles. The van der Waals surface area contributed by atoms with Gasteiger partial charge in [0.2, 0.25) is 8.32 Å². The van der Waals surface area contributed by atoms with E-state index in [9.17, 15) is 0 Å². The predicted octanol–water partition coefficient (Wildman–Crippen LogP) is 3.58. The Labute approximate surface area is 117 Å². The van der Waals surface area contributed by atoms with Gasteiger partial charge in [-0.25, -0.2) is 0 Å². The van der Waals surface area contributed by atoms with E-state index in [-0.39, 0.29) is 5.72 Å². The third-order valence-electron chi connectivity index (χ3n) is 3.40. The van der Waals surface area contributed by atoms with Crippen LogP contribution in [-0.2, 0) is 4.43 Å². The summed E-state index contributed by atoms with van der Waals surface area (Å²) in [6, 6.07) is 10.6. The second-order valence-electron chi connectivity index (χ2n) is 5.84. The molecule has 0 aromatic heterocycles. The molecule has 3 heteroatoms. The van der Waals surface area contributed by atoms with Crippen molar-refractivity contribution in [3.8, 4) is 0 Å². The van der Waals surface area contributed by atoms with Gasteiger partial charge < -0.3 is 9.33 Å². The van der Waals surface area contributed by atoms with Gasteiger partial charge in [-0.15, -0.1) is 0 Å². The lowest BCUT2D eigenvalue weighted by molar-refractivity contribution is -0.00428. The van der Waals surface area contributed by atoms with E-state index < -0.39 is 8.32 Å². The molecule has 1 heterocycles. The fourth-order valence-electron chi connectivity index (χ4n) is 2.41. The van der Waals surface area contributed by atoms with Crippen molar-refractivity contribution in [3.05, 3.63) is 54.9 Å². The van der Waals surface area contributed by atoms with Crippen LogP contribution in [-0.4, -0.2) is 18.9 Å². The van der Waals surface area contributed by atoms with Crippen LogP contribution in [0.2, 0.25) is 13.1 Å². The van der Waals surface area contributed by atoms with Crippen LogP contribution in [0.15, 0.2) is 54.9 Å². The lowest BCUT2D eigenvalue weighted by Crippen LogP contribution is -2.54. The monoisotopic (exact) mass is 273 g/mol. The fraction of sp³-hybridized carbons (Fsp3) is 0.375. The maximum atomic E-state index is 6.51. The van der Waals surface area contributed by atoms with Crippen LogP contribution in [0, 0.1) is 0 Å². The average molecular weight is 273 g/mol. The van der Waals surface area contributed by atoms with E-state index in [1.807, 2.05) is 0 Å². The van der Waals surface area contributed by atoms with Gasteiger partial charge in [0.15, 0.2) is 0 Å². The molecule has 102 valence electrons. The maximum absolute atomic E-state index is 6.51. The number of rotatable bonds is 4. The Bertz CT molecular complexity index is 465. The topological polar surface area (TPSA) is 12.5 Å². The van der Waals surface area contributed by atoms with Crippen LogP contribution in [0.3, 0.4) is 0 Å². The summed E-state index contributed by atoms with van der Waals surface area (Å²) >= 11 is 0. The van der Waals surface area contributed by atoms with Crippen molar-refractivity contribution in [2.45, 2.75) is 39.1 Å². The molecule has 0 fully saturated rings. The van der Waals surface area contributed by atoms with Gasteiger partial charge in [-0.2, -0.15) is 0 Å². The van der Waals surface area contributed by atoms with E-state index in [0.29, 0.717) is 0 Å². The molecule has 0 saturated carbocycles. The molecular weight excluding hydrogens is 250 g/mol.